The summed E-state index contributed by atoms with van der Waals surface area (Å²) in [6.45, 7) is 4.04. The van der Waals surface area contributed by atoms with E-state index in [1.807, 2.05) is 80.6 Å². The van der Waals surface area contributed by atoms with Crippen LogP contribution in [-0.4, -0.2) is 9.97 Å². The molecule has 1 radical (unpaired) electrons. The van der Waals surface area contributed by atoms with Gasteiger partial charge in [0.15, 0.2) is 0 Å². The Kier molecular flexibility index (Phi) is 5.87. The first-order chi connectivity index (χ1) is 16.2. The van der Waals surface area contributed by atoms with E-state index >= 15 is 0 Å². The Labute approximate surface area is 211 Å². The Balaban J connectivity index is 0.000000145. The number of furan rings is 1. The van der Waals surface area contributed by atoms with E-state index in [0.29, 0.717) is 0 Å². The van der Waals surface area contributed by atoms with Crippen molar-refractivity contribution in [1.82, 2.24) is 9.97 Å². The van der Waals surface area contributed by atoms with Crippen LogP contribution in [0.5, 0.6) is 0 Å². The molecule has 0 saturated carbocycles. The van der Waals surface area contributed by atoms with Crippen molar-refractivity contribution in [3.05, 3.63) is 108 Å². The summed E-state index contributed by atoms with van der Waals surface area (Å²) >= 11 is 0. The molecule has 0 atom stereocenters. The van der Waals surface area contributed by atoms with E-state index in [2.05, 4.69) is 34.2 Å². The summed E-state index contributed by atoms with van der Waals surface area (Å²) in [6, 6.07) is 32.9. The molecular formula is C30H20IrN2O-2. The van der Waals surface area contributed by atoms with Gasteiger partial charge in [-0.3, -0.25) is 0 Å². The fraction of sp³-hybridized carbons (Fsp3) is 0.0667. The molecule has 0 fully saturated rings. The summed E-state index contributed by atoms with van der Waals surface area (Å²) in [5.41, 5.74) is 7.04. The fourth-order valence-electron chi connectivity index (χ4n) is 4.46. The minimum atomic E-state index is 0. The first kappa shape index (κ1) is 22.2. The molecule has 0 aliphatic rings. The third kappa shape index (κ3) is 3.75. The van der Waals surface area contributed by atoms with Gasteiger partial charge in [-0.1, -0.05) is 36.6 Å². The number of rotatable bonds is 1. The standard InChI is InChI=1S/C17H8NO.C13H12N.Ir/c1-2-5-12-10(4-1)11-6-3-7-13-15(11)16-14(19-13)8-9-18-17(12)16;1-10-5-3-7-12(9-10)13-8-4-6-11(2)14-13;/h1-4,6-9H;3-8H,1-2H3;/q2*-1;. The van der Waals surface area contributed by atoms with Crippen molar-refractivity contribution in [2.75, 3.05) is 0 Å². The second kappa shape index (κ2) is 8.98. The van der Waals surface area contributed by atoms with Crippen LogP contribution in [0.25, 0.3) is 54.9 Å². The monoisotopic (exact) mass is 617 g/mol. The number of fused-ring (bicyclic) bond motifs is 3. The molecule has 0 amide bonds. The number of nitrogens with zero attached hydrogens (tertiary/aromatic N) is 2. The zero-order valence-electron chi connectivity index (χ0n) is 18.7. The second-order valence-corrected chi connectivity index (χ2v) is 8.18. The maximum Gasteiger partial charge on any atom is 0.134 e. The van der Waals surface area contributed by atoms with Crippen molar-refractivity contribution >= 4 is 43.6 Å². The number of aryl methyl sites for hydroxylation is 2. The third-order valence-corrected chi connectivity index (χ3v) is 5.90. The van der Waals surface area contributed by atoms with Gasteiger partial charge in [0.1, 0.15) is 11.2 Å². The Morgan fingerprint density at radius 2 is 1.56 bits per heavy atom. The summed E-state index contributed by atoms with van der Waals surface area (Å²) in [6.07, 6.45) is 1.80. The molecular weight excluding hydrogens is 597 g/mol. The van der Waals surface area contributed by atoms with Crippen molar-refractivity contribution < 1.29 is 24.5 Å². The van der Waals surface area contributed by atoms with Crippen LogP contribution >= 0.6 is 0 Å². The van der Waals surface area contributed by atoms with Crippen LogP contribution in [0.15, 0.2) is 89.5 Å². The van der Waals surface area contributed by atoms with Gasteiger partial charge in [-0.2, -0.15) is 0 Å². The van der Waals surface area contributed by atoms with Crippen LogP contribution in [0.2, 0.25) is 0 Å². The summed E-state index contributed by atoms with van der Waals surface area (Å²) < 4.78 is 5.93. The maximum atomic E-state index is 5.93. The van der Waals surface area contributed by atoms with Gasteiger partial charge in [0.2, 0.25) is 0 Å². The van der Waals surface area contributed by atoms with E-state index in [-0.39, 0.29) is 20.1 Å². The Bertz CT molecular complexity index is 1620. The summed E-state index contributed by atoms with van der Waals surface area (Å²) in [4.78, 5) is 9.00. The van der Waals surface area contributed by atoms with Gasteiger partial charge in [0.25, 0.3) is 0 Å². The molecule has 3 nitrogen and oxygen atoms in total. The topological polar surface area (TPSA) is 38.9 Å². The van der Waals surface area contributed by atoms with Crippen LogP contribution in [0.3, 0.4) is 0 Å². The summed E-state index contributed by atoms with van der Waals surface area (Å²) in [5, 5.41) is 5.75. The summed E-state index contributed by atoms with van der Waals surface area (Å²) in [5.74, 6) is 0. The molecule has 0 N–H and O–H groups in total. The molecule has 4 aromatic carbocycles. The SMILES string of the molecule is Cc1[c-]c(-c2cccc(C)n2)ccc1.[Ir].[c-]1cccc2c1c1nccc3oc4cccc2c4c31. The second-order valence-electron chi connectivity index (χ2n) is 8.18. The molecule has 34 heavy (non-hydrogen) atoms. The summed E-state index contributed by atoms with van der Waals surface area (Å²) in [7, 11) is 0. The largest absolute Gasteiger partial charge is 0.457 e. The number of benzene rings is 4. The van der Waals surface area contributed by atoms with Crippen LogP contribution in [-0.2, 0) is 20.1 Å². The third-order valence-electron chi connectivity index (χ3n) is 5.90. The Hall–Kier alpha value is -3.59. The Morgan fingerprint density at radius 1 is 0.765 bits per heavy atom. The quantitative estimate of drug-likeness (QED) is 0.140. The van der Waals surface area contributed by atoms with Crippen molar-refractivity contribution in [2.45, 2.75) is 13.8 Å². The van der Waals surface area contributed by atoms with Crippen molar-refractivity contribution in [2.24, 2.45) is 0 Å². The molecule has 0 aliphatic carbocycles. The molecule has 3 aromatic heterocycles. The van der Waals surface area contributed by atoms with E-state index in [1.165, 1.54) is 16.2 Å². The normalized spacial score (nSPS) is 11.0. The number of pyridine rings is 2. The molecule has 3 heterocycles. The first-order valence-corrected chi connectivity index (χ1v) is 10.9. The molecule has 0 saturated heterocycles. The van der Waals surface area contributed by atoms with Crippen LogP contribution < -0.4 is 0 Å². The van der Waals surface area contributed by atoms with Gasteiger partial charge in [-0.25, -0.2) is 0 Å². The van der Waals surface area contributed by atoms with Crippen LogP contribution in [0.4, 0.5) is 0 Å². The molecule has 0 spiro atoms. The molecule has 0 unspecified atom stereocenters. The predicted octanol–water partition coefficient (Wildman–Crippen LogP) is 7.69. The van der Waals surface area contributed by atoms with Gasteiger partial charge in [-0.15, -0.1) is 65.0 Å². The van der Waals surface area contributed by atoms with Crippen LogP contribution in [0.1, 0.15) is 11.3 Å². The van der Waals surface area contributed by atoms with Gasteiger partial charge in [0, 0.05) is 48.3 Å². The average Bonchev–Trinajstić information content (AvgIpc) is 3.24. The number of hydrogen-bond acceptors (Lipinski definition) is 3. The molecule has 4 heteroatoms. The van der Waals surface area contributed by atoms with Crippen molar-refractivity contribution in [1.29, 1.82) is 0 Å². The molecule has 7 rings (SSSR count). The van der Waals surface area contributed by atoms with Gasteiger partial charge < -0.3 is 14.4 Å². The van der Waals surface area contributed by atoms with E-state index in [4.69, 9.17) is 4.42 Å². The Morgan fingerprint density at radius 3 is 2.41 bits per heavy atom. The van der Waals surface area contributed by atoms with Gasteiger partial charge >= 0.3 is 0 Å². The minimum absolute atomic E-state index is 0. The van der Waals surface area contributed by atoms with Gasteiger partial charge in [0.05, 0.1) is 0 Å². The molecule has 167 valence electrons. The van der Waals surface area contributed by atoms with Crippen LogP contribution in [0, 0.1) is 26.0 Å². The number of aromatic nitrogens is 2. The zero-order chi connectivity index (χ0) is 22.4. The fourth-order valence-corrected chi connectivity index (χ4v) is 4.46. The zero-order valence-corrected chi connectivity index (χ0v) is 21.1. The molecule has 0 bridgehead atoms. The molecule has 0 aliphatic heterocycles. The average molecular weight is 617 g/mol. The van der Waals surface area contributed by atoms with Crippen molar-refractivity contribution in [3.63, 3.8) is 0 Å². The first-order valence-electron chi connectivity index (χ1n) is 10.9. The van der Waals surface area contributed by atoms with E-state index in [1.54, 1.807) is 6.20 Å². The minimum Gasteiger partial charge on any atom is -0.457 e. The van der Waals surface area contributed by atoms with E-state index in [0.717, 1.165) is 50.0 Å². The maximum absolute atomic E-state index is 5.93. The van der Waals surface area contributed by atoms with Gasteiger partial charge in [-0.05, 0) is 36.2 Å². The molecule has 7 aromatic rings. The van der Waals surface area contributed by atoms with E-state index < -0.39 is 0 Å². The van der Waals surface area contributed by atoms with E-state index in [9.17, 15) is 0 Å². The predicted molar refractivity (Wildman–Crippen MR) is 135 cm³/mol. The number of hydrogen-bond donors (Lipinski definition) is 0. The smallest absolute Gasteiger partial charge is 0.134 e. The van der Waals surface area contributed by atoms with Crippen molar-refractivity contribution in [3.8, 4) is 11.3 Å².